The molecule has 1 saturated carbocycles. The van der Waals surface area contributed by atoms with E-state index in [1.807, 2.05) is 0 Å². The molecule has 29 heavy (non-hydrogen) atoms. The molecule has 1 heterocycles. The molecule has 1 aliphatic rings. The first-order valence-corrected chi connectivity index (χ1v) is 12.4. The zero-order valence-corrected chi connectivity index (χ0v) is 18.6. The number of nitrogens with zero attached hydrogens (tertiary/aromatic N) is 1. The van der Waals surface area contributed by atoms with Crippen LogP contribution in [0.2, 0.25) is 0 Å². The minimum Gasteiger partial charge on any atom is -0.381 e. The Morgan fingerprint density at radius 1 is 1.00 bits per heavy atom. The van der Waals surface area contributed by atoms with Crippen molar-refractivity contribution in [3.63, 3.8) is 0 Å². The molecule has 0 radical (unpaired) electrons. The van der Waals surface area contributed by atoms with Crippen molar-refractivity contribution >= 4 is 21.7 Å². The van der Waals surface area contributed by atoms with Crippen LogP contribution in [0.15, 0.2) is 23.4 Å². The van der Waals surface area contributed by atoms with Gasteiger partial charge < -0.3 is 10.6 Å². The van der Waals surface area contributed by atoms with Gasteiger partial charge in [-0.1, -0.05) is 57.8 Å². The summed E-state index contributed by atoms with van der Waals surface area (Å²) in [6, 6.07) is 0.995. The van der Waals surface area contributed by atoms with Crippen molar-refractivity contribution in [1.82, 2.24) is 15.0 Å². The second kappa shape index (κ2) is 12.0. The molecule has 1 aromatic rings. The van der Waals surface area contributed by atoms with Crippen LogP contribution < -0.4 is 15.4 Å². The summed E-state index contributed by atoms with van der Waals surface area (Å²) < 4.78 is 27.6. The van der Waals surface area contributed by atoms with Crippen molar-refractivity contribution in [2.24, 2.45) is 0 Å². The number of anilines is 1. The van der Waals surface area contributed by atoms with Gasteiger partial charge in [0.1, 0.15) is 4.90 Å². The van der Waals surface area contributed by atoms with Crippen molar-refractivity contribution < 1.29 is 13.2 Å². The maximum atomic E-state index is 12.7. The number of hydrogen-bond acceptors (Lipinski definition) is 5. The highest BCUT2D eigenvalue weighted by Crippen LogP contribution is 2.24. The summed E-state index contributed by atoms with van der Waals surface area (Å²) in [5.41, 5.74) is 0.502. The average Bonchev–Trinajstić information content (AvgIpc) is 2.63. The van der Waals surface area contributed by atoms with E-state index in [1.54, 1.807) is 26.1 Å². The third-order valence-electron chi connectivity index (χ3n) is 5.19. The van der Waals surface area contributed by atoms with Gasteiger partial charge in [-0.2, -0.15) is 0 Å². The second-order valence-electron chi connectivity index (χ2n) is 8.21. The summed E-state index contributed by atoms with van der Waals surface area (Å²) in [6.07, 6.45) is 16.1. The van der Waals surface area contributed by atoms with Crippen LogP contribution in [0, 0.1) is 0 Å². The first-order valence-electron chi connectivity index (χ1n) is 10.9. The number of nitrogens with one attached hydrogen (secondary N) is 3. The monoisotopic (exact) mass is 424 g/mol. The van der Waals surface area contributed by atoms with E-state index in [0.29, 0.717) is 5.69 Å². The number of hydrogen-bond donors (Lipinski definition) is 3. The van der Waals surface area contributed by atoms with Crippen molar-refractivity contribution in [2.45, 2.75) is 101 Å². The number of rotatable bonds is 5. The lowest BCUT2D eigenvalue weighted by atomic mass is 9.98. The van der Waals surface area contributed by atoms with Crippen LogP contribution in [0.25, 0.3) is 0 Å². The topological polar surface area (TPSA) is 100 Å². The molecule has 1 fully saturated rings. The molecule has 2 rings (SSSR count). The van der Waals surface area contributed by atoms with Gasteiger partial charge in [-0.05, 0) is 32.8 Å². The van der Waals surface area contributed by atoms with Crippen LogP contribution in [-0.4, -0.2) is 31.5 Å². The summed E-state index contributed by atoms with van der Waals surface area (Å²) in [7, 11) is -4.01. The molecule has 0 bridgehead atoms. The highest BCUT2D eigenvalue weighted by Gasteiger charge is 2.23. The number of urea groups is 1. The zero-order valence-electron chi connectivity index (χ0n) is 17.7. The van der Waals surface area contributed by atoms with Gasteiger partial charge in [0.25, 0.3) is 10.0 Å². The normalized spacial score (nSPS) is 17.8. The number of aromatic nitrogens is 1. The summed E-state index contributed by atoms with van der Waals surface area (Å²) in [4.78, 5) is 15.9. The predicted octanol–water partition coefficient (Wildman–Crippen LogP) is 4.56. The minimum absolute atomic E-state index is 0.00465. The Morgan fingerprint density at radius 2 is 1.55 bits per heavy atom. The summed E-state index contributed by atoms with van der Waals surface area (Å²) in [5.74, 6) is 0. The second-order valence-corrected chi connectivity index (χ2v) is 9.86. The van der Waals surface area contributed by atoms with Gasteiger partial charge in [0, 0.05) is 24.5 Å². The van der Waals surface area contributed by atoms with E-state index < -0.39 is 16.1 Å². The molecular weight excluding hydrogens is 388 g/mol. The van der Waals surface area contributed by atoms with E-state index in [4.69, 9.17) is 0 Å². The number of pyridine rings is 1. The van der Waals surface area contributed by atoms with Crippen LogP contribution in [0.4, 0.5) is 10.5 Å². The van der Waals surface area contributed by atoms with Crippen molar-refractivity contribution in [3.8, 4) is 0 Å². The van der Waals surface area contributed by atoms with Crippen LogP contribution in [0.3, 0.4) is 0 Å². The first kappa shape index (κ1) is 23.4. The summed E-state index contributed by atoms with van der Waals surface area (Å²) in [6.45, 7) is 3.54. The van der Waals surface area contributed by atoms with E-state index in [-0.39, 0.29) is 17.0 Å². The van der Waals surface area contributed by atoms with Crippen molar-refractivity contribution in [3.05, 3.63) is 18.5 Å². The molecule has 0 spiro atoms. The fourth-order valence-corrected chi connectivity index (χ4v) is 4.74. The van der Waals surface area contributed by atoms with Crippen LogP contribution >= 0.6 is 0 Å². The maximum Gasteiger partial charge on any atom is 0.328 e. The van der Waals surface area contributed by atoms with Gasteiger partial charge in [0.15, 0.2) is 0 Å². The summed E-state index contributed by atoms with van der Waals surface area (Å²) in [5, 5.41) is 5.97. The maximum absolute atomic E-state index is 12.7. The molecule has 1 aromatic heterocycles. The van der Waals surface area contributed by atoms with Gasteiger partial charge in [-0.15, -0.1) is 0 Å². The molecule has 0 aliphatic heterocycles. The van der Waals surface area contributed by atoms with E-state index in [9.17, 15) is 13.2 Å². The third kappa shape index (κ3) is 8.60. The zero-order chi connectivity index (χ0) is 21.1. The highest BCUT2D eigenvalue weighted by atomic mass is 32.2. The first-order chi connectivity index (χ1) is 13.9. The molecule has 0 aromatic carbocycles. The molecule has 0 saturated heterocycles. The quantitative estimate of drug-likeness (QED) is 0.643. The van der Waals surface area contributed by atoms with Gasteiger partial charge in [-0.3, -0.25) is 4.98 Å². The predicted molar refractivity (Wildman–Crippen MR) is 116 cm³/mol. The Kier molecular flexibility index (Phi) is 9.70. The Balaban J connectivity index is 2.09. The highest BCUT2D eigenvalue weighted by molar-refractivity contribution is 7.90. The minimum atomic E-state index is -4.01. The number of carbonyl (C=O) groups excluding carboxylic acids is 1. The number of sulfonamides is 1. The van der Waals surface area contributed by atoms with Crippen LogP contribution in [0.1, 0.15) is 84.5 Å². The van der Waals surface area contributed by atoms with Gasteiger partial charge in [-0.25, -0.2) is 17.9 Å². The SMILES string of the molecule is CC(C)NC(=O)NS(=O)(=O)c1cnccc1NC1CCCCCCCCCCC1. The molecule has 0 atom stereocenters. The van der Waals surface area contributed by atoms with E-state index in [2.05, 4.69) is 20.3 Å². The van der Waals surface area contributed by atoms with Crippen molar-refractivity contribution in [1.29, 1.82) is 0 Å². The van der Waals surface area contributed by atoms with Crippen molar-refractivity contribution in [2.75, 3.05) is 5.32 Å². The lowest BCUT2D eigenvalue weighted by Crippen LogP contribution is -2.42. The standard InChI is InChI=1S/C21H36N4O3S/c1-17(2)23-21(26)25-29(27,28)20-16-22-15-14-19(20)24-18-12-10-8-6-4-3-5-7-9-11-13-18/h14-18H,3-13H2,1-2H3,(H,22,24)(H2,23,25,26). The third-order valence-corrected chi connectivity index (χ3v) is 6.54. The molecule has 164 valence electrons. The number of amides is 2. The molecule has 8 heteroatoms. The average molecular weight is 425 g/mol. The lowest BCUT2D eigenvalue weighted by molar-refractivity contribution is 0.243. The Bertz CT molecular complexity index is 725. The summed E-state index contributed by atoms with van der Waals surface area (Å²) >= 11 is 0. The Morgan fingerprint density at radius 3 is 2.10 bits per heavy atom. The molecule has 3 N–H and O–H groups in total. The van der Waals surface area contributed by atoms with Gasteiger partial charge in [0.05, 0.1) is 5.69 Å². The molecule has 0 unspecified atom stereocenters. The smallest absolute Gasteiger partial charge is 0.328 e. The van der Waals surface area contributed by atoms with E-state index in [1.165, 1.54) is 51.1 Å². The van der Waals surface area contributed by atoms with Crippen LogP contribution in [-0.2, 0) is 10.0 Å². The number of carbonyl (C=O) groups is 1. The van der Waals surface area contributed by atoms with E-state index in [0.717, 1.165) is 25.7 Å². The fourth-order valence-electron chi connectivity index (χ4n) is 3.71. The lowest BCUT2D eigenvalue weighted by Gasteiger charge is -2.22. The van der Waals surface area contributed by atoms with Gasteiger partial charge in [0.2, 0.25) is 0 Å². The Labute approximate surface area is 175 Å². The fraction of sp³-hybridized carbons (Fsp3) is 0.714. The van der Waals surface area contributed by atoms with Crippen LogP contribution in [0.5, 0.6) is 0 Å². The molecule has 2 amide bonds. The van der Waals surface area contributed by atoms with Gasteiger partial charge >= 0.3 is 6.03 Å². The largest absolute Gasteiger partial charge is 0.381 e. The van der Waals surface area contributed by atoms with E-state index >= 15 is 0 Å². The molecule has 7 nitrogen and oxygen atoms in total. The molecular formula is C21H36N4O3S. The molecule has 1 aliphatic carbocycles. The Hall–Kier alpha value is -1.83.